The molecule has 100 valence electrons. The van der Waals surface area contributed by atoms with Crippen molar-refractivity contribution in [2.24, 2.45) is 5.92 Å². The predicted molar refractivity (Wildman–Crippen MR) is 77.5 cm³/mol. The van der Waals surface area contributed by atoms with Gasteiger partial charge in [0.05, 0.1) is 6.10 Å². The van der Waals surface area contributed by atoms with E-state index in [4.69, 9.17) is 0 Å². The van der Waals surface area contributed by atoms with Crippen LogP contribution >= 0.6 is 15.9 Å². The van der Waals surface area contributed by atoms with Crippen LogP contribution in [0.25, 0.3) is 0 Å². The second-order valence-electron chi connectivity index (χ2n) is 5.45. The van der Waals surface area contributed by atoms with Gasteiger partial charge in [-0.05, 0) is 52.7 Å². The lowest BCUT2D eigenvalue weighted by molar-refractivity contribution is 0.149. The minimum Gasteiger partial charge on any atom is -0.393 e. The summed E-state index contributed by atoms with van der Waals surface area (Å²) in [6.45, 7) is 0. The fraction of sp³-hybridized carbons (Fsp3) is 0.667. The molecule has 2 rings (SSSR count). The van der Waals surface area contributed by atoms with Gasteiger partial charge in [0.2, 0.25) is 0 Å². The number of halogens is 1. The molecule has 1 fully saturated rings. The molecule has 2 nitrogen and oxygen atoms in total. The molecule has 0 aliphatic heterocycles. The molecule has 3 heteroatoms. The summed E-state index contributed by atoms with van der Waals surface area (Å²) in [5, 5.41) is 10.1. The van der Waals surface area contributed by atoms with Crippen molar-refractivity contribution >= 4 is 15.9 Å². The first-order valence-electron chi connectivity index (χ1n) is 7.01. The zero-order valence-electron chi connectivity index (χ0n) is 10.8. The van der Waals surface area contributed by atoms with Crippen LogP contribution in [-0.2, 0) is 6.42 Å². The Bertz CT molecular complexity index is 363. The van der Waals surface area contributed by atoms with Gasteiger partial charge in [0.1, 0.15) is 0 Å². The largest absolute Gasteiger partial charge is 0.393 e. The maximum atomic E-state index is 10.1. The molecule has 1 aliphatic carbocycles. The van der Waals surface area contributed by atoms with Gasteiger partial charge < -0.3 is 5.11 Å². The van der Waals surface area contributed by atoms with Gasteiger partial charge in [0.25, 0.3) is 0 Å². The molecule has 1 aromatic heterocycles. The SMILES string of the molecule is OC(CCC1CCCCC1)Cc1cncc(Br)c1. The van der Waals surface area contributed by atoms with Crippen molar-refractivity contribution in [3.8, 4) is 0 Å². The fourth-order valence-electron chi connectivity index (χ4n) is 2.85. The number of hydrogen-bond donors (Lipinski definition) is 1. The molecular weight excluding hydrogens is 290 g/mol. The number of hydrogen-bond acceptors (Lipinski definition) is 2. The number of rotatable bonds is 5. The zero-order valence-corrected chi connectivity index (χ0v) is 12.4. The third-order valence-corrected chi connectivity index (χ3v) is 4.30. The second kappa shape index (κ2) is 7.25. The Balaban J connectivity index is 1.72. The van der Waals surface area contributed by atoms with E-state index in [1.807, 2.05) is 12.3 Å². The van der Waals surface area contributed by atoms with E-state index in [-0.39, 0.29) is 6.10 Å². The predicted octanol–water partition coefficient (Wildman–Crippen LogP) is 4.11. The van der Waals surface area contributed by atoms with Crippen molar-refractivity contribution in [1.82, 2.24) is 4.98 Å². The summed E-state index contributed by atoms with van der Waals surface area (Å²) in [4.78, 5) is 4.13. The van der Waals surface area contributed by atoms with Crippen LogP contribution in [0.15, 0.2) is 22.9 Å². The van der Waals surface area contributed by atoms with Crippen molar-refractivity contribution < 1.29 is 5.11 Å². The molecule has 0 spiro atoms. The van der Waals surface area contributed by atoms with E-state index in [2.05, 4.69) is 20.9 Å². The van der Waals surface area contributed by atoms with Crippen LogP contribution < -0.4 is 0 Å². The quantitative estimate of drug-likeness (QED) is 0.887. The summed E-state index contributed by atoms with van der Waals surface area (Å²) in [5.74, 6) is 0.856. The van der Waals surface area contributed by atoms with Gasteiger partial charge in [-0.25, -0.2) is 0 Å². The number of nitrogens with zero attached hydrogens (tertiary/aromatic N) is 1. The number of aliphatic hydroxyl groups excluding tert-OH is 1. The van der Waals surface area contributed by atoms with Crippen molar-refractivity contribution in [3.05, 3.63) is 28.5 Å². The average Bonchev–Trinajstić information content (AvgIpc) is 2.38. The molecule has 0 bridgehead atoms. The molecule has 1 aromatic rings. The summed E-state index contributed by atoms with van der Waals surface area (Å²) >= 11 is 3.41. The molecule has 1 atom stereocenters. The molecule has 0 saturated heterocycles. The van der Waals surface area contributed by atoms with E-state index in [9.17, 15) is 5.11 Å². The number of aliphatic hydroxyl groups is 1. The monoisotopic (exact) mass is 311 g/mol. The molecular formula is C15H22BrNO. The molecule has 0 radical (unpaired) electrons. The molecule has 0 aromatic carbocycles. The summed E-state index contributed by atoms with van der Waals surface area (Å²) in [6.07, 6.45) is 13.1. The lowest BCUT2D eigenvalue weighted by Gasteiger charge is -2.22. The van der Waals surface area contributed by atoms with E-state index >= 15 is 0 Å². The zero-order chi connectivity index (χ0) is 12.8. The maximum Gasteiger partial charge on any atom is 0.0581 e. The standard InChI is InChI=1S/C15H22BrNO/c16-14-8-13(10-17-11-14)9-15(18)7-6-12-4-2-1-3-5-12/h8,10-12,15,18H,1-7,9H2. The van der Waals surface area contributed by atoms with Gasteiger partial charge in [-0.3, -0.25) is 4.98 Å². The van der Waals surface area contributed by atoms with Crippen molar-refractivity contribution in [3.63, 3.8) is 0 Å². The van der Waals surface area contributed by atoms with Crippen LogP contribution in [0.2, 0.25) is 0 Å². The Morgan fingerprint density at radius 1 is 1.28 bits per heavy atom. The highest BCUT2D eigenvalue weighted by Crippen LogP contribution is 2.28. The van der Waals surface area contributed by atoms with Crippen molar-refractivity contribution in [2.75, 3.05) is 0 Å². The first-order chi connectivity index (χ1) is 8.74. The second-order valence-corrected chi connectivity index (χ2v) is 6.37. The maximum absolute atomic E-state index is 10.1. The lowest BCUT2D eigenvalue weighted by atomic mass is 9.85. The minimum atomic E-state index is -0.219. The highest BCUT2D eigenvalue weighted by atomic mass is 79.9. The van der Waals surface area contributed by atoms with Gasteiger partial charge in [0, 0.05) is 16.9 Å². The van der Waals surface area contributed by atoms with E-state index < -0.39 is 0 Å². The molecule has 1 aliphatic rings. The van der Waals surface area contributed by atoms with Crippen LogP contribution in [-0.4, -0.2) is 16.2 Å². The van der Waals surface area contributed by atoms with Gasteiger partial charge >= 0.3 is 0 Å². The highest BCUT2D eigenvalue weighted by molar-refractivity contribution is 9.10. The molecule has 1 unspecified atom stereocenters. The van der Waals surface area contributed by atoms with Crippen LogP contribution in [0.3, 0.4) is 0 Å². The Morgan fingerprint density at radius 3 is 2.78 bits per heavy atom. The fourth-order valence-corrected chi connectivity index (χ4v) is 3.26. The van der Waals surface area contributed by atoms with E-state index in [1.165, 1.54) is 38.5 Å². The molecule has 1 heterocycles. The Labute approximate surface area is 118 Å². The van der Waals surface area contributed by atoms with Gasteiger partial charge in [-0.2, -0.15) is 0 Å². The highest BCUT2D eigenvalue weighted by Gasteiger charge is 2.15. The topological polar surface area (TPSA) is 33.1 Å². The van der Waals surface area contributed by atoms with Gasteiger partial charge in [-0.1, -0.05) is 32.1 Å². The van der Waals surface area contributed by atoms with E-state index in [0.717, 1.165) is 28.8 Å². The first kappa shape index (κ1) is 14.0. The summed E-state index contributed by atoms with van der Waals surface area (Å²) in [5.41, 5.74) is 1.11. The molecule has 1 N–H and O–H groups in total. The molecule has 0 amide bonds. The lowest BCUT2D eigenvalue weighted by Crippen LogP contribution is -2.14. The third-order valence-electron chi connectivity index (χ3n) is 3.87. The molecule has 18 heavy (non-hydrogen) atoms. The van der Waals surface area contributed by atoms with Crippen LogP contribution in [0.4, 0.5) is 0 Å². The minimum absolute atomic E-state index is 0.219. The van der Waals surface area contributed by atoms with Crippen LogP contribution in [0.5, 0.6) is 0 Å². The Hall–Kier alpha value is -0.410. The summed E-state index contributed by atoms with van der Waals surface area (Å²) < 4.78 is 0.986. The molecule has 1 saturated carbocycles. The van der Waals surface area contributed by atoms with Gasteiger partial charge in [-0.15, -0.1) is 0 Å². The van der Waals surface area contributed by atoms with Crippen molar-refractivity contribution in [2.45, 2.75) is 57.5 Å². The average molecular weight is 312 g/mol. The summed E-state index contributed by atoms with van der Waals surface area (Å²) in [7, 11) is 0. The third kappa shape index (κ3) is 4.69. The Kier molecular flexibility index (Phi) is 5.64. The van der Waals surface area contributed by atoms with E-state index in [1.54, 1.807) is 6.20 Å². The van der Waals surface area contributed by atoms with Crippen molar-refractivity contribution in [1.29, 1.82) is 0 Å². The van der Waals surface area contributed by atoms with Crippen LogP contribution in [0.1, 0.15) is 50.5 Å². The van der Waals surface area contributed by atoms with E-state index in [0.29, 0.717) is 0 Å². The summed E-state index contributed by atoms with van der Waals surface area (Å²) in [6, 6.07) is 2.04. The van der Waals surface area contributed by atoms with Gasteiger partial charge in [0.15, 0.2) is 0 Å². The normalized spacial score (nSPS) is 18.8. The number of aromatic nitrogens is 1. The smallest absolute Gasteiger partial charge is 0.0581 e. The number of pyridine rings is 1. The van der Waals surface area contributed by atoms with Crippen LogP contribution in [0, 0.1) is 5.92 Å². The Morgan fingerprint density at radius 2 is 2.06 bits per heavy atom. The first-order valence-corrected chi connectivity index (χ1v) is 7.81.